The molecule has 0 aliphatic heterocycles. The SMILES string of the molecule is CCOP(COc1ccc2sc(C(C)N(OC(=O)OC(C)(C)C)C(=O)OC(C)(C)C)cc2c1)OCC. The molecule has 36 heavy (non-hydrogen) atoms. The second-order valence-electron chi connectivity index (χ2n) is 9.83. The number of rotatable bonds is 9. The van der Waals surface area contributed by atoms with E-state index in [0.29, 0.717) is 25.3 Å². The van der Waals surface area contributed by atoms with Crippen LogP contribution in [0.2, 0.25) is 0 Å². The van der Waals surface area contributed by atoms with E-state index < -0.39 is 37.9 Å². The molecule has 1 heterocycles. The van der Waals surface area contributed by atoms with Gasteiger partial charge in [-0.15, -0.1) is 16.4 Å². The number of hydrogen-bond donors (Lipinski definition) is 0. The summed E-state index contributed by atoms with van der Waals surface area (Å²) in [4.78, 5) is 31.4. The van der Waals surface area contributed by atoms with Gasteiger partial charge >= 0.3 is 12.2 Å². The van der Waals surface area contributed by atoms with Crippen LogP contribution >= 0.6 is 19.7 Å². The standard InChI is InChI=1S/C25H38NO8PS/c1-10-30-35(31-11-2)16-29-19-12-13-20-18(14-19)15-21(36-20)17(3)26(22(27)32-24(4,5)6)34-23(28)33-25(7,8)9/h12-15,17H,10-11,16H2,1-9H3. The fourth-order valence-corrected chi connectivity index (χ4v) is 5.04. The van der Waals surface area contributed by atoms with Gasteiger partial charge in [-0.05, 0) is 92.0 Å². The van der Waals surface area contributed by atoms with Gasteiger partial charge in [0.2, 0.25) is 8.38 Å². The third kappa shape index (κ3) is 9.73. The molecule has 1 aromatic carbocycles. The summed E-state index contributed by atoms with van der Waals surface area (Å²) >= 11 is 1.48. The fourth-order valence-electron chi connectivity index (χ4n) is 2.91. The summed E-state index contributed by atoms with van der Waals surface area (Å²) in [5, 5.41) is 1.84. The van der Waals surface area contributed by atoms with Crippen molar-refractivity contribution in [3.63, 3.8) is 0 Å². The molecule has 202 valence electrons. The van der Waals surface area contributed by atoms with Crippen molar-refractivity contribution in [2.75, 3.05) is 19.6 Å². The Labute approximate surface area is 218 Å². The van der Waals surface area contributed by atoms with Gasteiger partial charge in [-0.25, -0.2) is 9.59 Å². The van der Waals surface area contributed by atoms with E-state index in [9.17, 15) is 9.59 Å². The highest BCUT2D eigenvalue weighted by Crippen LogP contribution is 2.39. The van der Waals surface area contributed by atoms with Gasteiger partial charge < -0.3 is 23.3 Å². The van der Waals surface area contributed by atoms with Gasteiger partial charge in [0.1, 0.15) is 23.0 Å². The lowest BCUT2D eigenvalue weighted by Crippen LogP contribution is -2.40. The minimum atomic E-state index is -1.12. The van der Waals surface area contributed by atoms with Gasteiger partial charge in [-0.2, -0.15) is 0 Å². The Bertz CT molecular complexity index is 1010. The maximum atomic E-state index is 12.9. The van der Waals surface area contributed by atoms with Gasteiger partial charge in [-0.1, -0.05) is 0 Å². The average molecular weight is 544 g/mol. The number of benzene rings is 1. The second-order valence-corrected chi connectivity index (χ2v) is 12.4. The van der Waals surface area contributed by atoms with Crippen molar-refractivity contribution in [2.45, 2.75) is 79.6 Å². The van der Waals surface area contributed by atoms with Crippen molar-refractivity contribution in [1.29, 1.82) is 0 Å². The molecule has 9 nitrogen and oxygen atoms in total. The third-order valence-electron chi connectivity index (χ3n) is 4.29. The van der Waals surface area contributed by atoms with Crippen LogP contribution in [0.4, 0.5) is 9.59 Å². The van der Waals surface area contributed by atoms with E-state index in [-0.39, 0.29) is 0 Å². The summed E-state index contributed by atoms with van der Waals surface area (Å²) < 4.78 is 28.8. The van der Waals surface area contributed by atoms with Crippen molar-refractivity contribution in [2.24, 2.45) is 0 Å². The Kier molecular flexibility index (Phi) is 10.8. The minimum Gasteiger partial charge on any atom is -0.484 e. The maximum Gasteiger partial charge on any atom is 0.534 e. The molecule has 11 heteroatoms. The molecule has 1 aromatic heterocycles. The molecule has 2 rings (SSSR count). The van der Waals surface area contributed by atoms with E-state index >= 15 is 0 Å². The molecule has 0 N–H and O–H groups in total. The summed E-state index contributed by atoms with van der Waals surface area (Å²) in [7, 11) is -1.12. The zero-order valence-corrected chi connectivity index (χ0v) is 24.3. The Morgan fingerprint density at radius 3 is 2.14 bits per heavy atom. The van der Waals surface area contributed by atoms with Crippen molar-refractivity contribution < 1.29 is 37.7 Å². The average Bonchev–Trinajstić information content (AvgIpc) is 3.16. The Hall–Kier alpha value is -2.13. The second kappa shape index (κ2) is 12.9. The molecule has 0 saturated carbocycles. The van der Waals surface area contributed by atoms with E-state index in [4.69, 9.17) is 28.1 Å². The number of nitrogens with zero attached hydrogens (tertiary/aromatic N) is 1. The molecule has 0 aliphatic rings. The van der Waals surface area contributed by atoms with Gasteiger partial charge in [0, 0.05) is 9.58 Å². The molecule has 0 saturated heterocycles. The molecule has 0 spiro atoms. The van der Waals surface area contributed by atoms with Gasteiger partial charge in [0.05, 0.1) is 13.2 Å². The van der Waals surface area contributed by atoms with Crippen molar-refractivity contribution in [3.8, 4) is 5.75 Å². The van der Waals surface area contributed by atoms with E-state index in [0.717, 1.165) is 20.0 Å². The molecule has 0 bridgehead atoms. The summed E-state index contributed by atoms with van der Waals surface area (Å²) in [6.45, 7) is 17.1. The van der Waals surface area contributed by atoms with Gasteiger partial charge in [0.25, 0.3) is 0 Å². The Morgan fingerprint density at radius 1 is 0.972 bits per heavy atom. The fraction of sp³-hybridized carbons (Fsp3) is 0.600. The number of ether oxygens (including phenoxy) is 3. The molecule has 0 radical (unpaired) electrons. The first-order valence-electron chi connectivity index (χ1n) is 11.8. The highest BCUT2D eigenvalue weighted by molar-refractivity contribution is 7.47. The highest BCUT2D eigenvalue weighted by atomic mass is 32.1. The zero-order valence-electron chi connectivity index (χ0n) is 22.6. The van der Waals surface area contributed by atoms with Crippen LogP contribution in [0.25, 0.3) is 10.1 Å². The molecular formula is C25H38NO8PS. The van der Waals surface area contributed by atoms with Crippen molar-refractivity contribution >= 4 is 42.0 Å². The number of hydroxylamine groups is 2. The predicted octanol–water partition coefficient (Wildman–Crippen LogP) is 7.79. The summed E-state index contributed by atoms with van der Waals surface area (Å²) in [5.41, 5.74) is -1.56. The molecule has 1 amide bonds. The van der Waals surface area contributed by atoms with E-state index in [1.807, 2.05) is 38.1 Å². The molecule has 0 fully saturated rings. The van der Waals surface area contributed by atoms with Crippen LogP contribution in [-0.4, -0.2) is 48.1 Å². The summed E-state index contributed by atoms with van der Waals surface area (Å²) in [5.74, 6) is 0.681. The Morgan fingerprint density at radius 2 is 1.58 bits per heavy atom. The maximum absolute atomic E-state index is 12.9. The largest absolute Gasteiger partial charge is 0.534 e. The lowest BCUT2D eigenvalue weighted by molar-refractivity contribution is -0.153. The topological polar surface area (TPSA) is 92.8 Å². The van der Waals surface area contributed by atoms with Crippen LogP contribution in [0.5, 0.6) is 5.75 Å². The number of amides is 1. The molecule has 2 aromatic rings. The zero-order chi connectivity index (χ0) is 27.1. The van der Waals surface area contributed by atoms with Gasteiger partial charge in [-0.3, -0.25) is 4.84 Å². The van der Waals surface area contributed by atoms with Crippen LogP contribution in [0.3, 0.4) is 0 Å². The Balaban J connectivity index is 2.25. The molecular weight excluding hydrogens is 505 g/mol. The van der Waals surface area contributed by atoms with Crippen LogP contribution < -0.4 is 4.74 Å². The van der Waals surface area contributed by atoms with E-state index in [1.165, 1.54) is 11.3 Å². The predicted molar refractivity (Wildman–Crippen MR) is 141 cm³/mol. The number of carbonyl (C=O) groups is 2. The van der Waals surface area contributed by atoms with Crippen LogP contribution in [0.1, 0.15) is 73.2 Å². The number of fused-ring (bicyclic) bond motifs is 1. The smallest absolute Gasteiger partial charge is 0.484 e. The van der Waals surface area contributed by atoms with Crippen LogP contribution in [0, 0.1) is 0 Å². The molecule has 1 atom stereocenters. The molecule has 0 aliphatic carbocycles. The summed E-state index contributed by atoms with van der Waals surface area (Å²) in [6.07, 6.45) is -1.45. The highest BCUT2D eigenvalue weighted by Gasteiger charge is 2.33. The number of carbonyl (C=O) groups excluding carboxylic acids is 2. The van der Waals surface area contributed by atoms with Gasteiger partial charge in [0.15, 0.2) is 6.35 Å². The lowest BCUT2D eigenvalue weighted by atomic mass is 10.2. The van der Waals surface area contributed by atoms with E-state index in [2.05, 4.69) is 0 Å². The van der Waals surface area contributed by atoms with Crippen molar-refractivity contribution in [1.82, 2.24) is 5.06 Å². The minimum absolute atomic E-state index is 0.325. The first-order valence-corrected chi connectivity index (χ1v) is 14.0. The normalized spacial score (nSPS) is 12.9. The van der Waals surface area contributed by atoms with Crippen LogP contribution in [-0.2, 0) is 23.4 Å². The van der Waals surface area contributed by atoms with E-state index in [1.54, 1.807) is 48.5 Å². The third-order valence-corrected chi connectivity index (χ3v) is 7.01. The quantitative estimate of drug-likeness (QED) is 0.180. The first kappa shape index (κ1) is 30.1. The van der Waals surface area contributed by atoms with Crippen LogP contribution in [0.15, 0.2) is 24.3 Å². The van der Waals surface area contributed by atoms with Crippen molar-refractivity contribution in [3.05, 3.63) is 29.1 Å². The molecule has 1 unspecified atom stereocenters. The number of thiophene rings is 1. The first-order chi connectivity index (χ1) is 16.7. The monoisotopic (exact) mass is 543 g/mol. The lowest BCUT2D eigenvalue weighted by Gasteiger charge is -2.30. The summed E-state index contributed by atoms with van der Waals surface area (Å²) in [6, 6.07) is 7.04. The number of hydrogen-bond acceptors (Lipinski definition) is 9.